The zero-order valence-corrected chi connectivity index (χ0v) is 9.50. The van der Waals surface area contributed by atoms with Crippen LogP contribution in [0.15, 0.2) is 29.3 Å². The van der Waals surface area contributed by atoms with Gasteiger partial charge in [0.05, 0.1) is 0 Å². The first kappa shape index (κ1) is 10.1. The molecule has 2 heterocycles. The zero-order valence-electron chi connectivity index (χ0n) is 7.35. The van der Waals surface area contributed by atoms with Gasteiger partial charge in [0.1, 0.15) is 11.2 Å². The van der Waals surface area contributed by atoms with Crippen molar-refractivity contribution in [2.24, 2.45) is 0 Å². The van der Waals surface area contributed by atoms with E-state index in [0.29, 0.717) is 5.65 Å². The fourth-order valence-corrected chi connectivity index (χ4v) is 1.66. The van der Waals surface area contributed by atoms with Gasteiger partial charge in [-0.1, -0.05) is 0 Å². The second kappa shape index (κ2) is 3.61. The van der Waals surface area contributed by atoms with E-state index < -0.39 is 11.5 Å². The van der Waals surface area contributed by atoms with E-state index in [2.05, 4.69) is 4.98 Å². The van der Waals surface area contributed by atoms with E-state index >= 15 is 0 Å². The second-order valence-electron chi connectivity index (χ2n) is 2.86. The van der Waals surface area contributed by atoms with Gasteiger partial charge in [-0.15, -0.1) is 0 Å². The van der Waals surface area contributed by atoms with Crippen molar-refractivity contribution in [1.29, 1.82) is 0 Å². The Morgan fingerprint density at radius 2 is 2.20 bits per heavy atom. The van der Waals surface area contributed by atoms with E-state index in [4.69, 9.17) is 5.11 Å². The molecule has 1 N–H and O–H groups in total. The number of hydrogen-bond acceptors (Lipinski definition) is 3. The summed E-state index contributed by atoms with van der Waals surface area (Å²) in [6.45, 7) is 0. The summed E-state index contributed by atoms with van der Waals surface area (Å²) in [4.78, 5) is 26.2. The summed E-state index contributed by atoms with van der Waals surface area (Å²) in [5.41, 5.74) is -0.453. The molecule has 0 aromatic carbocycles. The van der Waals surface area contributed by atoms with Crippen molar-refractivity contribution in [3.05, 3.63) is 44.0 Å². The Kier molecular flexibility index (Phi) is 2.43. The summed E-state index contributed by atoms with van der Waals surface area (Å²) < 4.78 is 2.07. The van der Waals surface area contributed by atoms with Gasteiger partial charge in [0, 0.05) is 16.0 Å². The predicted molar refractivity (Wildman–Crippen MR) is 61.1 cm³/mol. The number of aromatic nitrogens is 2. The molecular formula is C9H5IN2O3. The van der Waals surface area contributed by atoms with Crippen LogP contribution in [0.2, 0.25) is 0 Å². The second-order valence-corrected chi connectivity index (χ2v) is 4.10. The zero-order chi connectivity index (χ0) is 11.0. The highest BCUT2D eigenvalue weighted by Crippen LogP contribution is 2.05. The third-order valence-electron chi connectivity index (χ3n) is 1.90. The molecule has 2 aromatic rings. The maximum Gasteiger partial charge on any atom is 0.342 e. The van der Waals surface area contributed by atoms with Crippen LogP contribution in [0.3, 0.4) is 0 Å². The molecule has 0 saturated heterocycles. The molecule has 0 unspecified atom stereocenters. The average molecular weight is 316 g/mol. The van der Waals surface area contributed by atoms with Crippen LogP contribution in [-0.4, -0.2) is 20.5 Å². The van der Waals surface area contributed by atoms with E-state index in [9.17, 15) is 9.59 Å². The third kappa shape index (κ3) is 1.72. The van der Waals surface area contributed by atoms with Gasteiger partial charge in [-0.3, -0.25) is 9.20 Å². The number of carboxylic acids is 1. The van der Waals surface area contributed by atoms with Gasteiger partial charge in [0.15, 0.2) is 0 Å². The van der Waals surface area contributed by atoms with Crippen LogP contribution >= 0.6 is 22.6 Å². The first-order valence-electron chi connectivity index (χ1n) is 4.00. The van der Waals surface area contributed by atoms with Crippen molar-refractivity contribution < 1.29 is 9.90 Å². The molecule has 0 radical (unpaired) electrons. The van der Waals surface area contributed by atoms with Crippen molar-refractivity contribution in [1.82, 2.24) is 9.38 Å². The SMILES string of the molecule is O=C(O)c1cnc2ccc(I)cn2c1=O. The topological polar surface area (TPSA) is 71.7 Å². The summed E-state index contributed by atoms with van der Waals surface area (Å²) in [6, 6.07) is 3.46. The van der Waals surface area contributed by atoms with Crippen LogP contribution in [0.5, 0.6) is 0 Å². The highest BCUT2D eigenvalue weighted by atomic mass is 127. The Balaban J connectivity index is 2.89. The summed E-state index contributed by atoms with van der Waals surface area (Å²) >= 11 is 2.04. The number of fused-ring (bicyclic) bond motifs is 1. The van der Waals surface area contributed by atoms with Crippen molar-refractivity contribution in [2.45, 2.75) is 0 Å². The molecule has 2 aromatic heterocycles. The normalized spacial score (nSPS) is 10.5. The smallest absolute Gasteiger partial charge is 0.342 e. The molecule has 0 aliphatic heterocycles. The minimum absolute atomic E-state index is 0.325. The van der Waals surface area contributed by atoms with Gasteiger partial charge in [0.2, 0.25) is 0 Å². The maximum absolute atomic E-state index is 11.7. The Morgan fingerprint density at radius 3 is 2.87 bits per heavy atom. The standard InChI is InChI=1S/C9H5IN2O3/c10-5-1-2-7-11-3-6(9(14)15)8(13)12(7)4-5/h1-4H,(H,14,15). The monoisotopic (exact) mass is 316 g/mol. The molecule has 0 bridgehead atoms. The number of hydrogen-bond donors (Lipinski definition) is 1. The summed E-state index contributed by atoms with van der Waals surface area (Å²) in [7, 11) is 0. The molecule has 0 aliphatic carbocycles. The third-order valence-corrected chi connectivity index (χ3v) is 2.53. The van der Waals surface area contributed by atoms with Gasteiger partial charge in [-0.2, -0.15) is 0 Å². The minimum Gasteiger partial charge on any atom is -0.477 e. The van der Waals surface area contributed by atoms with Crippen molar-refractivity contribution >= 4 is 34.2 Å². The molecule has 6 heteroatoms. The lowest BCUT2D eigenvalue weighted by Gasteiger charge is -2.01. The Labute approximate surface area is 97.5 Å². The van der Waals surface area contributed by atoms with Crippen molar-refractivity contribution in [2.75, 3.05) is 0 Å². The number of aromatic carboxylic acids is 1. The summed E-state index contributed by atoms with van der Waals surface area (Å²) in [5.74, 6) is -1.26. The van der Waals surface area contributed by atoms with Gasteiger partial charge >= 0.3 is 5.97 Å². The Hall–Kier alpha value is -1.44. The highest BCUT2D eigenvalue weighted by Gasteiger charge is 2.11. The molecule has 0 amide bonds. The minimum atomic E-state index is -1.26. The van der Waals surface area contributed by atoms with Gasteiger partial charge in [-0.25, -0.2) is 9.78 Å². The van der Waals surface area contributed by atoms with Crippen molar-refractivity contribution in [3.63, 3.8) is 0 Å². The van der Waals surface area contributed by atoms with Crippen molar-refractivity contribution in [3.8, 4) is 0 Å². The van der Waals surface area contributed by atoms with Gasteiger partial charge in [-0.05, 0) is 34.7 Å². The predicted octanol–water partition coefficient (Wildman–Crippen LogP) is 0.997. The van der Waals surface area contributed by atoms with E-state index in [1.807, 2.05) is 22.6 Å². The molecule has 5 nitrogen and oxygen atoms in total. The van der Waals surface area contributed by atoms with E-state index in [1.54, 1.807) is 18.3 Å². The lowest BCUT2D eigenvalue weighted by atomic mass is 10.3. The lowest BCUT2D eigenvalue weighted by Crippen LogP contribution is -2.22. The molecule has 0 spiro atoms. The molecular weight excluding hydrogens is 311 g/mol. The maximum atomic E-state index is 11.7. The quantitative estimate of drug-likeness (QED) is 0.797. The fraction of sp³-hybridized carbons (Fsp3) is 0. The van der Waals surface area contributed by atoms with Gasteiger partial charge in [0.25, 0.3) is 5.56 Å². The van der Waals surface area contributed by atoms with Crippen LogP contribution in [0, 0.1) is 3.57 Å². The first-order chi connectivity index (χ1) is 7.09. The van der Waals surface area contributed by atoms with Crippen LogP contribution in [0.4, 0.5) is 0 Å². The van der Waals surface area contributed by atoms with Crippen LogP contribution in [-0.2, 0) is 0 Å². The number of carbonyl (C=O) groups is 1. The Morgan fingerprint density at radius 1 is 1.47 bits per heavy atom. The number of halogens is 1. The summed E-state index contributed by atoms with van der Waals surface area (Å²) in [6.07, 6.45) is 2.63. The molecule has 0 saturated carbocycles. The number of nitrogens with zero attached hydrogens (tertiary/aromatic N) is 2. The molecule has 0 aliphatic rings. The number of rotatable bonds is 1. The van der Waals surface area contributed by atoms with Crippen LogP contribution in [0.25, 0.3) is 5.65 Å². The molecule has 0 fully saturated rings. The fourth-order valence-electron chi connectivity index (χ4n) is 1.20. The van der Waals surface area contributed by atoms with Gasteiger partial charge < -0.3 is 5.11 Å². The molecule has 0 atom stereocenters. The van der Waals surface area contributed by atoms with Crippen LogP contribution in [0.1, 0.15) is 10.4 Å². The average Bonchev–Trinajstić information content (AvgIpc) is 2.19. The molecule has 2 rings (SSSR count). The highest BCUT2D eigenvalue weighted by molar-refractivity contribution is 14.1. The van der Waals surface area contributed by atoms with E-state index in [-0.39, 0.29) is 5.56 Å². The Bertz CT molecular complexity index is 606. The summed E-state index contributed by atoms with van der Waals surface area (Å²) in [5, 5.41) is 8.74. The molecule has 76 valence electrons. The number of pyridine rings is 1. The van der Waals surface area contributed by atoms with E-state index in [0.717, 1.165) is 9.77 Å². The first-order valence-corrected chi connectivity index (χ1v) is 5.07. The largest absolute Gasteiger partial charge is 0.477 e. The van der Waals surface area contributed by atoms with E-state index in [1.165, 1.54) is 4.40 Å². The molecule has 15 heavy (non-hydrogen) atoms. The number of carboxylic acid groups (broad SMARTS) is 1. The lowest BCUT2D eigenvalue weighted by molar-refractivity contribution is 0.0694. The van der Waals surface area contributed by atoms with Crippen LogP contribution < -0.4 is 5.56 Å².